The van der Waals surface area contributed by atoms with Gasteiger partial charge in [-0.05, 0) is 6.92 Å². The maximum absolute atomic E-state index is 11.7. The predicted molar refractivity (Wildman–Crippen MR) is 61.0 cm³/mol. The average Bonchev–Trinajstić information content (AvgIpc) is 2.72. The smallest absolute Gasteiger partial charge is 0.358 e. The molecule has 0 saturated heterocycles. The first-order chi connectivity index (χ1) is 8.51. The summed E-state index contributed by atoms with van der Waals surface area (Å²) in [6.07, 6.45) is 0. The Labute approximate surface area is 104 Å². The first-order valence-corrected chi connectivity index (χ1v) is 5.39. The van der Waals surface area contributed by atoms with Crippen LogP contribution in [0.2, 0.25) is 0 Å². The molecule has 0 spiro atoms. The summed E-state index contributed by atoms with van der Waals surface area (Å²) in [5.41, 5.74) is 0.0895. The van der Waals surface area contributed by atoms with Crippen molar-refractivity contribution in [1.82, 2.24) is 19.9 Å². The van der Waals surface area contributed by atoms with Gasteiger partial charge in [0.05, 0.1) is 12.3 Å². The van der Waals surface area contributed by atoms with Crippen LogP contribution < -0.4 is 0 Å². The van der Waals surface area contributed by atoms with Crippen molar-refractivity contribution in [3.05, 3.63) is 11.4 Å². The third-order valence-corrected chi connectivity index (χ3v) is 2.51. The first-order valence-electron chi connectivity index (χ1n) is 5.39. The fraction of sp³-hybridized carbons (Fsp3) is 0.600. The van der Waals surface area contributed by atoms with E-state index in [1.807, 2.05) is 6.92 Å². The monoisotopic (exact) mass is 256 g/mol. The van der Waals surface area contributed by atoms with E-state index in [1.165, 1.54) is 16.7 Å². The molecule has 1 N–H and O–H groups in total. The second-order valence-electron chi connectivity index (χ2n) is 3.69. The molecule has 1 amide bonds. The van der Waals surface area contributed by atoms with Gasteiger partial charge in [0, 0.05) is 20.7 Å². The molecule has 0 fully saturated rings. The largest absolute Gasteiger partial charge is 0.476 e. The standard InChI is InChI=1S/C10H16N4O4/c1-4-13(2)8(15)5-14-7(6-18-3)9(10(16)17)11-12-14/h4-6H2,1-3H3,(H,16,17). The van der Waals surface area contributed by atoms with Crippen LogP contribution in [0.4, 0.5) is 0 Å². The Morgan fingerprint density at radius 3 is 2.67 bits per heavy atom. The number of hydrogen-bond donors (Lipinski definition) is 1. The summed E-state index contributed by atoms with van der Waals surface area (Å²) in [7, 11) is 3.09. The number of carbonyl (C=O) groups is 2. The molecule has 0 unspecified atom stereocenters. The zero-order valence-electron chi connectivity index (χ0n) is 10.6. The molecule has 0 aliphatic rings. The highest BCUT2D eigenvalue weighted by Crippen LogP contribution is 2.07. The highest BCUT2D eigenvalue weighted by atomic mass is 16.5. The van der Waals surface area contributed by atoms with Gasteiger partial charge in [-0.3, -0.25) is 4.79 Å². The summed E-state index contributed by atoms with van der Waals surface area (Å²) in [5.74, 6) is -1.36. The summed E-state index contributed by atoms with van der Waals surface area (Å²) in [5, 5.41) is 16.1. The maximum Gasteiger partial charge on any atom is 0.358 e. The number of methoxy groups -OCH3 is 1. The molecule has 1 rings (SSSR count). The Balaban J connectivity index is 2.95. The van der Waals surface area contributed by atoms with Gasteiger partial charge >= 0.3 is 5.97 Å². The molecule has 8 nitrogen and oxygen atoms in total. The molecule has 0 aliphatic carbocycles. The number of amides is 1. The van der Waals surface area contributed by atoms with Gasteiger partial charge in [0.2, 0.25) is 5.91 Å². The Hall–Kier alpha value is -1.96. The van der Waals surface area contributed by atoms with Gasteiger partial charge in [-0.25, -0.2) is 9.48 Å². The molecule has 0 aliphatic heterocycles. The van der Waals surface area contributed by atoms with E-state index in [-0.39, 0.29) is 30.4 Å². The number of aromatic nitrogens is 3. The second-order valence-corrected chi connectivity index (χ2v) is 3.69. The number of carboxylic acids is 1. The molecular weight excluding hydrogens is 240 g/mol. The van der Waals surface area contributed by atoms with Crippen molar-refractivity contribution in [2.24, 2.45) is 0 Å². The lowest BCUT2D eigenvalue weighted by Gasteiger charge is -2.14. The quantitative estimate of drug-likeness (QED) is 0.743. The molecule has 100 valence electrons. The molecule has 0 radical (unpaired) electrons. The van der Waals surface area contributed by atoms with Crippen molar-refractivity contribution in [1.29, 1.82) is 0 Å². The normalized spacial score (nSPS) is 10.4. The van der Waals surface area contributed by atoms with Crippen molar-refractivity contribution in [3.63, 3.8) is 0 Å². The number of likely N-dealkylation sites (N-methyl/N-ethyl adjacent to an activating group) is 1. The van der Waals surface area contributed by atoms with E-state index < -0.39 is 5.97 Å². The van der Waals surface area contributed by atoms with E-state index in [4.69, 9.17) is 9.84 Å². The fourth-order valence-corrected chi connectivity index (χ4v) is 1.33. The van der Waals surface area contributed by atoms with Gasteiger partial charge in [-0.15, -0.1) is 5.10 Å². The van der Waals surface area contributed by atoms with Crippen molar-refractivity contribution < 1.29 is 19.4 Å². The van der Waals surface area contributed by atoms with E-state index in [1.54, 1.807) is 7.05 Å². The van der Waals surface area contributed by atoms with Crippen LogP contribution in [0.25, 0.3) is 0 Å². The summed E-state index contributed by atoms with van der Waals surface area (Å²) in [4.78, 5) is 24.2. The number of carboxylic acid groups (broad SMARTS) is 1. The van der Waals surface area contributed by atoms with Crippen LogP contribution in [-0.2, 0) is 22.7 Å². The van der Waals surface area contributed by atoms with Crippen LogP contribution in [0.5, 0.6) is 0 Å². The van der Waals surface area contributed by atoms with Gasteiger partial charge in [-0.2, -0.15) is 0 Å². The zero-order valence-corrected chi connectivity index (χ0v) is 10.6. The van der Waals surface area contributed by atoms with E-state index in [9.17, 15) is 9.59 Å². The van der Waals surface area contributed by atoms with Gasteiger partial charge in [0.15, 0.2) is 5.69 Å². The van der Waals surface area contributed by atoms with Crippen molar-refractivity contribution in [3.8, 4) is 0 Å². The Morgan fingerprint density at radius 2 is 2.17 bits per heavy atom. The van der Waals surface area contributed by atoms with E-state index in [0.29, 0.717) is 6.54 Å². The third-order valence-electron chi connectivity index (χ3n) is 2.51. The minimum Gasteiger partial charge on any atom is -0.476 e. The number of nitrogens with zero attached hydrogens (tertiary/aromatic N) is 4. The van der Waals surface area contributed by atoms with E-state index in [0.717, 1.165) is 0 Å². The Morgan fingerprint density at radius 1 is 1.50 bits per heavy atom. The minimum absolute atomic E-state index is 0.0394. The minimum atomic E-state index is -1.19. The number of ether oxygens (including phenoxy) is 1. The number of hydrogen-bond acceptors (Lipinski definition) is 5. The fourth-order valence-electron chi connectivity index (χ4n) is 1.33. The highest BCUT2D eigenvalue weighted by molar-refractivity contribution is 5.86. The lowest BCUT2D eigenvalue weighted by molar-refractivity contribution is -0.130. The summed E-state index contributed by atoms with van der Waals surface area (Å²) < 4.78 is 6.15. The molecule has 1 heterocycles. The van der Waals surface area contributed by atoms with Crippen LogP contribution in [0.3, 0.4) is 0 Å². The molecule has 0 bridgehead atoms. The van der Waals surface area contributed by atoms with E-state index in [2.05, 4.69) is 10.3 Å². The topological polar surface area (TPSA) is 97.6 Å². The molecule has 1 aromatic rings. The second kappa shape index (κ2) is 6.10. The average molecular weight is 256 g/mol. The van der Waals surface area contributed by atoms with Crippen LogP contribution in [0, 0.1) is 0 Å². The number of rotatable bonds is 6. The SMILES string of the molecule is CCN(C)C(=O)Cn1nnc(C(=O)O)c1COC. The lowest BCUT2D eigenvalue weighted by atomic mass is 10.3. The van der Waals surface area contributed by atoms with Crippen LogP contribution in [-0.4, -0.2) is 57.6 Å². The van der Waals surface area contributed by atoms with Gasteiger partial charge in [0.1, 0.15) is 6.54 Å². The van der Waals surface area contributed by atoms with Crippen molar-refractivity contribution >= 4 is 11.9 Å². The van der Waals surface area contributed by atoms with Gasteiger partial charge < -0.3 is 14.7 Å². The number of carbonyl (C=O) groups excluding carboxylic acids is 1. The Bertz CT molecular complexity index is 443. The Kier molecular flexibility index (Phi) is 4.78. The van der Waals surface area contributed by atoms with Crippen molar-refractivity contribution in [2.75, 3.05) is 20.7 Å². The zero-order chi connectivity index (χ0) is 13.7. The first kappa shape index (κ1) is 14.1. The molecule has 1 aromatic heterocycles. The van der Waals surface area contributed by atoms with Crippen LogP contribution >= 0.6 is 0 Å². The molecule has 8 heteroatoms. The summed E-state index contributed by atoms with van der Waals surface area (Å²) >= 11 is 0. The van der Waals surface area contributed by atoms with Crippen molar-refractivity contribution in [2.45, 2.75) is 20.1 Å². The molecule has 18 heavy (non-hydrogen) atoms. The van der Waals surface area contributed by atoms with Crippen LogP contribution in [0.15, 0.2) is 0 Å². The lowest BCUT2D eigenvalue weighted by Crippen LogP contribution is -2.31. The molecule has 0 aromatic carbocycles. The summed E-state index contributed by atoms with van der Waals surface area (Å²) in [6, 6.07) is 0. The molecular formula is C10H16N4O4. The van der Waals surface area contributed by atoms with E-state index >= 15 is 0 Å². The van der Waals surface area contributed by atoms with Crippen LogP contribution in [0.1, 0.15) is 23.1 Å². The maximum atomic E-state index is 11.7. The summed E-state index contributed by atoms with van der Waals surface area (Å²) in [6.45, 7) is 2.40. The van der Waals surface area contributed by atoms with Gasteiger partial charge in [-0.1, -0.05) is 5.21 Å². The van der Waals surface area contributed by atoms with Gasteiger partial charge in [0.25, 0.3) is 0 Å². The number of aromatic carboxylic acids is 1. The molecule has 0 saturated carbocycles. The molecule has 0 atom stereocenters. The third kappa shape index (κ3) is 3.04. The predicted octanol–water partition coefficient (Wildman–Crippen LogP) is -0.399. The highest BCUT2D eigenvalue weighted by Gasteiger charge is 2.20.